The fourth-order valence-electron chi connectivity index (χ4n) is 2.49. The SMILES string of the molecule is CC(SC1CCCCC1)C(=O)NCc1ccc(F)cc1. The van der Waals surface area contributed by atoms with Crippen LogP contribution in [0.1, 0.15) is 44.6 Å². The third kappa shape index (κ3) is 4.82. The summed E-state index contributed by atoms with van der Waals surface area (Å²) >= 11 is 1.79. The van der Waals surface area contributed by atoms with Crippen LogP contribution in [-0.4, -0.2) is 16.4 Å². The van der Waals surface area contributed by atoms with E-state index in [2.05, 4.69) is 5.32 Å². The number of benzene rings is 1. The molecule has 0 spiro atoms. The average molecular weight is 295 g/mol. The third-order valence-corrected chi connectivity index (χ3v) is 5.18. The topological polar surface area (TPSA) is 29.1 Å². The first kappa shape index (κ1) is 15.4. The molecule has 110 valence electrons. The minimum atomic E-state index is -0.249. The molecule has 0 aromatic heterocycles. The molecule has 1 saturated carbocycles. The molecule has 4 heteroatoms. The summed E-state index contributed by atoms with van der Waals surface area (Å²) in [4.78, 5) is 12.1. The van der Waals surface area contributed by atoms with Crippen molar-refractivity contribution in [1.82, 2.24) is 5.32 Å². The summed E-state index contributed by atoms with van der Waals surface area (Å²) in [5.74, 6) is -0.175. The number of amides is 1. The molecular formula is C16H22FNOS. The molecule has 2 rings (SSSR count). The Labute approximate surface area is 124 Å². The predicted octanol–water partition coefficient (Wildman–Crippen LogP) is 3.90. The summed E-state index contributed by atoms with van der Waals surface area (Å²) in [6, 6.07) is 6.24. The normalized spacial score (nSPS) is 17.7. The van der Waals surface area contributed by atoms with Crippen LogP contribution < -0.4 is 5.32 Å². The van der Waals surface area contributed by atoms with E-state index < -0.39 is 0 Å². The quantitative estimate of drug-likeness (QED) is 0.892. The van der Waals surface area contributed by atoms with Crippen molar-refractivity contribution in [3.05, 3.63) is 35.6 Å². The summed E-state index contributed by atoms with van der Waals surface area (Å²) in [5.41, 5.74) is 0.926. The second-order valence-electron chi connectivity index (χ2n) is 5.38. The van der Waals surface area contributed by atoms with Gasteiger partial charge >= 0.3 is 0 Å². The van der Waals surface area contributed by atoms with Gasteiger partial charge in [-0.15, -0.1) is 11.8 Å². The van der Waals surface area contributed by atoms with Crippen LogP contribution in [-0.2, 0) is 11.3 Å². The van der Waals surface area contributed by atoms with Gasteiger partial charge in [-0.3, -0.25) is 4.79 Å². The van der Waals surface area contributed by atoms with Crippen molar-refractivity contribution in [3.63, 3.8) is 0 Å². The van der Waals surface area contributed by atoms with Gasteiger partial charge < -0.3 is 5.32 Å². The maximum Gasteiger partial charge on any atom is 0.233 e. The highest BCUT2D eigenvalue weighted by molar-refractivity contribution is 8.01. The molecule has 1 aliphatic rings. The molecule has 0 radical (unpaired) electrons. The van der Waals surface area contributed by atoms with Crippen molar-refractivity contribution in [2.24, 2.45) is 0 Å². The Balaban J connectivity index is 1.74. The van der Waals surface area contributed by atoms with E-state index in [1.54, 1.807) is 23.9 Å². The summed E-state index contributed by atoms with van der Waals surface area (Å²) in [5, 5.41) is 3.54. The lowest BCUT2D eigenvalue weighted by atomic mass is 10.0. The Kier molecular flexibility index (Phi) is 5.89. The van der Waals surface area contributed by atoms with Crippen molar-refractivity contribution in [2.75, 3.05) is 0 Å². The van der Waals surface area contributed by atoms with Gasteiger partial charge in [0.1, 0.15) is 5.82 Å². The van der Waals surface area contributed by atoms with Crippen molar-refractivity contribution >= 4 is 17.7 Å². The van der Waals surface area contributed by atoms with Gasteiger partial charge in [0.05, 0.1) is 5.25 Å². The van der Waals surface area contributed by atoms with Crippen molar-refractivity contribution in [3.8, 4) is 0 Å². The molecule has 1 N–H and O–H groups in total. The standard InChI is InChI=1S/C16H22FNOS/c1-12(20-15-5-3-2-4-6-15)16(19)18-11-13-7-9-14(17)10-8-13/h7-10,12,15H,2-6,11H2,1H3,(H,18,19). The summed E-state index contributed by atoms with van der Waals surface area (Å²) < 4.78 is 12.8. The van der Waals surface area contributed by atoms with E-state index in [-0.39, 0.29) is 17.0 Å². The number of nitrogens with one attached hydrogen (secondary N) is 1. The van der Waals surface area contributed by atoms with Gasteiger partial charge in [0, 0.05) is 11.8 Å². The van der Waals surface area contributed by atoms with E-state index in [1.165, 1.54) is 44.2 Å². The largest absolute Gasteiger partial charge is 0.351 e. The maximum absolute atomic E-state index is 12.8. The van der Waals surface area contributed by atoms with Crippen LogP contribution in [0.2, 0.25) is 0 Å². The molecule has 1 aromatic rings. The van der Waals surface area contributed by atoms with E-state index in [4.69, 9.17) is 0 Å². The molecule has 1 fully saturated rings. The van der Waals surface area contributed by atoms with E-state index in [1.807, 2.05) is 6.92 Å². The van der Waals surface area contributed by atoms with Crippen molar-refractivity contribution < 1.29 is 9.18 Å². The Bertz CT molecular complexity index is 429. The second-order valence-corrected chi connectivity index (χ2v) is 7.03. The minimum Gasteiger partial charge on any atom is -0.351 e. The third-order valence-electron chi connectivity index (χ3n) is 3.70. The summed E-state index contributed by atoms with van der Waals surface area (Å²) in [6.07, 6.45) is 6.39. The first-order chi connectivity index (χ1) is 9.65. The highest BCUT2D eigenvalue weighted by Gasteiger charge is 2.21. The zero-order valence-corrected chi connectivity index (χ0v) is 12.7. The van der Waals surface area contributed by atoms with E-state index in [0.29, 0.717) is 11.8 Å². The van der Waals surface area contributed by atoms with Crippen LogP contribution in [0.5, 0.6) is 0 Å². The van der Waals surface area contributed by atoms with Crippen LogP contribution in [0, 0.1) is 5.82 Å². The molecule has 1 amide bonds. The minimum absolute atomic E-state index is 0.0152. The smallest absolute Gasteiger partial charge is 0.233 e. The highest BCUT2D eigenvalue weighted by Crippen LogP contribution is 2.30. The number of carbonyl (C=O) groups is 1. The van der Waals surface area contributed by atoms with Crippen molar-refractivity contribution in [1.29, 1.82) is 0 Å². The number of hydrogen-bond acceptors (Lipinski definition) is 2. The lowest BCUT2D eigenvalue weighted by Gasteiger charge is -2.23. The van der Waals surface area contributed by atoms with Crippen LogP contribution in [0.15, 0.2) is 24.3 Å². The van der Waals surface area contributed by atoms with Gasteiger partial charge in [0.15, 0.2) is 0 Å². The first-order valence-electron chi connectivity index (χ1n) is 7.33. The van der Waals surface area contributed by atoms with Gasteiger partial charge in [-0.2, -0.15) is 0 Å². The number of halogens is 1. The molecule has 1 aromatic carbocycles. The highest BCUT2D eigenvalue weighted by atomic mass is 32.2. The van der Waals surface area contributed by atoms with Crippen LogP contribution >= 0.6 is 11.8 Å². The maximum atomic E-state index is 12.8. The number of carbonyl (C=O) groups excluding carboxylic acids is 1. The Hall–Kier alpha value is -1.03. The van der Waals surface area contributed by atoms with Gasteiger partial charge in [-0.05, 0) is 37.5 Å². The Morgan fingerprint density at radius 3 is 2.60 bits per heavy atom. The number of thioether (sulfide) groups is 1. The summed E-state index contributed by atoms with van der Waals surface area (Å²) in [6.45, 7) is 2.44. The van der Waals surface area contributed by atoms with E-state index >= 15 is 0 Å². The van der Waals surface area contributed by atoms with Gasteiger partial charge in [-0.1, -0.05) is 31.4 Å². The predicted molar refractivity (Wildman–Crippen MR) is 82.2 cm³/mol. The molecule has 0 saturated heterocycles. The fourth-order valence-corrected chi connectivity index (χ4v) is 3.88. The van der Waals surface area contributed by atoms with E-state index in [0.717, 1.165) is 5.56 Å². The zero-order chi connectivity index (χ0) is 14.4. The molecule has 1 unspecified atom stereocenters. The molecule has 1 atom stereocenters. The lowest BCUT2D eigenvalue weighted by molar-refractivity contribution is -0.120. The lowest BCUT2D eigenvalue weighted by Crippen LogP contribution is -2.32. The molecule has 20 heavy (non-hydrogen) atoms. The van der Waals surface area contributed by atoms with Gasteiger partial charge in [0.25, 0.3) is 0 Å². The van der Waals surface area contributed by atoms with E-state index in [9.17, 15) is 9.18 Å². The van der Waals surface area contributed by atoms with Crippen LogP contribution in [0.3, 0.4) is 0 Å². The Morgan fingerprint density at radius 1 is 1.30 bits per heavy atom. The zero-order valence-electron chi connectivity index (χ0n) is 11.9. The molecule has 0 bridgehead atoms. The van der Waals surface area contributed by atoms with Crippen LogP contribution in [0.25, 0.3) is 0 Å². The Morgan fingerprint density at radius 2 is 1.95 bits per heavy atom. The summed E-state index contributed by atoms with van der Waals surface area (Å²) in [7, 11) is 0. The van der Waals surface area contributed by atoms with Crippen LogP contribution in [0.4, 0.5) is 4.39 Å². The fraction of sp³-hybridized carbons (Fsp3) is 0.562. The molecule has 2 nitrogen and oxygen atoms in total. The van der Waals surface area contributed by atoms with Crippen molar-refractivity contribution in [2.45, 2.75) is 56.1 Å². The number of hydrogen-bond donors (Lipinski definition) is 1. The molecular weight excluding hydrogens is 273 g/mol. The molecule has 0 aliphatic heterocycles. The van der Waals surface area contributed by atoms with Gasteiger partial charge in [-0.25, -0.2) is 4.39 Å². The average Bonchev–Trinajstić information content (AvgIpc) is 2.47. The number of rotatable bonds is 5. The van der Waals surface area contributed by atoms with Gasteiger partial charge in [0.2, 0.25) is 5.91 Å². The molecule has 0 heterocycles. The first-order valence-corrected chi connectivity index (χ1v) is 8.27. The second kappa shape index (κ2) is 7.67. The monoisotopic (exact) mass is 295 g/mol. The molecule has 1 aliphatic carbocycles.